The number of hydrogen-bond donors (Lipinski definition) is 0. The standard InChI is InChI=1S/C14H23N/c1-6-11(3)13-9-8-12(10-15-13)14(4,5)7-2/h8-11H,6-7H2,1-5H3. The van der Waals surface area contributed by atoms with Crippen LogP contribution in [-0.4, -0.2) is 4.98 Å². The highest BCUT2D eigenvalue weighted by atomic mass is 14.7. The van der Waals surface area contributed by atoms with E-state index in [0.29, 0.717) is 5.92 Å². The van der Waals surface area contributed by atoms with Crippen LogP contribution in [0.1, 0.15) is 64.6 Å². The Kier molecular flexibility index (Phi) is 3.90. The van der Waals surface area contributed by atoms with Crippen LogP contribution in [0.2, 0.25) is 0 Å². The predicted molar refractivity (Wildman–Crippen MR) is 66.3 cm³/mol. The van der Waals surface area contributed by atoms with Crippen molar-refractivity contribution in [2.24, 2.45) is 0 Å². The third kappa shape index (κ3) is 2.80. The topological polar surface area (TPSA) is 12.9 Å². The van der Waals surface area contributed by atoms with Crippen molar-refractivity contribution in [3.8, 4) is 0 Å². The highest BCUT2D eigenvalue weighted by molar-refractivity contribution is 5.23. The second-order valence-corrected chi connectivity index (χ2v) is 5.02. The molecule has 1 nitrogen and oxygen atoms in total. The lowest BCUT2D eigenvalue weighted by atomic mass is 9.83. The minimum atomic E-state index is 0.251. The van der Waals surface area contributed by atoms with Crippen LogP contribution in [0.25, 0.3) is 0 Å². The van der Waals surface area contributed by atoms with Gasteiger partial charge in [0, 0.05) is 11.9 Å². The van der Waals surface area contributed by atoms with Crippen LogP contribution in [-0.2, 0) is 5.41 Å². The maximum atomic E-state index is 4.56. The molecule has 0 radical (unpaired) electrons. The molecule has 0 fully saturated rings. The zero-order valence-electron chi connectivity index (χ0n) is 10.7. The summed E-state index contributed by atoms with van der Waals surface area (Å²) in [6.45, 7) is 11.2. The van der Waals surface area contributed by atoms with Gasteiger partial charge in [-0.25, -0.2) is 0 Å². The van der Waals surface area contributed by atoms with E-state index in [9.17, 15) is 0 Å². The Morgan fingerprint density at radius 3 is 2.33 bits per heavy atom. The van der Waals surface area contributed by atoms with Gasteiger partial charge >= 0.3 is 0 Å². The van der Waals surface area contributed by atoms with Crippen LogP contribution in [0.3, 0.4) is 0 Å². The first-order valence-electron chi connectivity index (χ1n) is 5.97. The fraction of sp³-hybridized carbons (Fsp3) is 0.643. The summed E-state index contributed by atoms with van der Waals surface area (Å²) in [5, 5.41) is 0. The average molecular weight is 205 g/mol. The molecule has 1 aromatic heterocycles. The number of pyridine rings is 1. The molecule has 15 heavy (non-hydrogen) atoms. The fourth-order valence-corrected chi connectivity index (χ4v) is 1.51. The first-order chi connectivity index (χ1) is 7.01. The molecule has 1 aromatic rings. The second kappa shape index (κ2) is 4.78. The van der Waals surface area contributed by atoms with E-state index in [0.717, 1.165) is 12.8 Å². The van der Waals surface area contributed by atoms with Crippen molar-refractivity contribution < 1.29 is 0 Å². The molecule has 0 aliphatic rings. The number of hydrogen-bond acceptors (Lipinski definition) is 1. The molecule has 84 valence electrons. The van der Waals surface area contributed by atoms with Gasteiger partial charge in [-0.05, 0) is 35.8 Å². The molecule has 0 bridgehead atoms. The predicted octanol–water partition coefficient (Wildman–Crippen LogP) is 4.28. The Hall–Kier alpha value is -0.850. The van der Waals surface area contributed by atoms with Gasteiger partial charge in [0.05, 0.1) is 0 Å². The Labute approximate surface area is 93.9 Å². The van der Waals surface area contributed by atoms with Gasteiger partial charge in [0.1, 0.15) is 0 Å². The van der Waals surface area contributed by atoms with Crippen molar-refractivity contribution >= 4 is 0 Å². The van der Waals surface area contributed by atoms with E-state index < -0.39 is 0 Å². The molecular weight excluding hydrogens is 182 g/mol. The Bertz CT molecular complexity index is 298. The number of aromatic nitrogens is 1. The molecule has 1 rings (SSSR count). The zero-order valence-corrected chi connectivity index (χ0v) is 10.7. The van der Waals surface area contributed by atoms with Crippen LogP contribution in [0.15, 0.2) is 18.3 Å². The minimum Gasteiger partial charge on any atom is -0.261 e. The van der Waals surface area contributed by atoms with Gasteiger partial charge in [0.25, 0.3) is 0 Å². The fourth-order valence-electron chi connectivity index (χ4n) is 1.51. The van der Waals surface area contributed by atoms with E-state index in [1.165, 1.54) is 11.3 Å². The van der Waals surface area contributed by atoms with Crippen molar-refractivity contribution in [1.82, 2.24) is 4.98 Å². The first-order valence-corrected chi connectivity index (χ1v) is 5.97. The van der Waals surface area contributed by atoms with Crippen molar-refractivity contribution in [2.45, 2.75) is 58.8 Å². The van der Waals surface area contributed by atoms with Crippen LogP contribution < -0.4 is 0 Å². The largest absolute Gasteiger partial charge is 0.261 e. The molecule has 0 amide bonds. The van der Waals surface area contributed by atoms with E-state index in [2.05, 4.69) is 51.7 Å². The molecule has 0 saturated heterocycles. The van der Waals surface area contributed by atoms with Crippen molar-refractivity contribution in [3.63, 3.8) is 0 Å². The smallest absolute Gasteiger partial charge is 0.0431 e. The van der Waals surface area contributed by atoms with Gasteiger partial charge in [-0.3, -0.25) is 4.98 Å². The normalized spacial score (nSPS) is 13.9. The quantitative estimate of drug-likeness (QED) is 0.715. The maximum absolute atomic E-state index is 4.56. The molecule has 1 heterocycles. The summed E-state index contributed by atoms with van der Waals surface area (Å²) in [6, 6.07) is 4.42. The van der Waals surface area contributed by atoms with Crippen molar-refractivity contribution in [3.05, 3.63) is 29.6 Å². The monoisotopic (exact) mass is 205 g/mol. The van der Waals surface area contributed by atoms with Crippen molar-refractivity contribution in [1.29, 1.82) is 0 Å². The lowest BCUT2D eigenvalue weighted by Gasteiger charge is -2.23. The van der Waals surface area contributed by atoms with E-state index in [1.54, 1.807) is 0 Å². The summed E-state index contributed by atoms with van der Waals surface area (Å²) in [5.41, 5.74) is 2.81. The van der Waals surface area contributed by atoms with E-state index in [1.807, 2.05) is 6.20 Å². The molecule has 0 aromatic carbocycles. The molecule has 1 heteroatoms. The van der Waals surface area contributed by atoms with Crippen LogP contribution in [0.5, 0.6) is 0 Å². The lowest BCUT2D eigenvalue weighted by Crippen LogP contribution is -2.16. The Morgan fingerprint density at radius 2 is 1.93 bits per heavy atom. The number of rotatable bonds is 4. The van der Waals surface area contributed by atoms with Gasteiger partial charge in [-0.1, -0.05) is 40.7 Å². The Morgan fingerprint density at radius 1 is 1.27 bits per heavy atom. The van der Waals surface area contributed by atoms with Crippen LogP contribution in [0.4, 0.5) is 0 Å². The number of nitrogens with zero attached hydrogens (tertiary/aromatic N) is 1. The van der Waals surface area contributed by atoms with Gasteiger partial charge in [0.15, 0.2) is 0 Å². The summed E-state index contributed by atoms with van der Waals surface area (Å²) >= 11 is 0. The lowest BCUT2D eigenvalue weighted by molar-refractivity contribution is 0.503. The average Bonchev–Trinajstić information content (AvgIpc) is 2.28. The summed E-state index contributed by atoms with van der Waals surface area (Å²) in [4.78, 5) is 4.56. The molecule has 0 N–H and O–H groups in total. The van der Waals surface area contributed by atoms with Gasteiger partial charge in [-0.15, -0.1) is 0 Å². The summed E-state index contributed by atoms with van der Waals surface area (Å²) in [6.07, 6.45) is 4.35. The molecule has 0 spiro atoms. The first kappa shape index (κ1) is 12.2. The van der Waals surface area contributed by atoms with Gasteiger partial charge in [-0.2, -0.15) is 0 Å². The third-order valence-electron chi connectivity index (χ3n) is 3.57. The van der Waals surface area contributed by atoms with E-state index in [4.69, 9.17) is 0 Å². The second-order valence-electron chi connectivity index (χ2n) is 5.02. The molecular formula is C14H23N. The van der Waals surface area contributed by atoms with Crippen LogP contribution in [0, 0.1) is 0 Å². The Balaban J connectivity index is 2.90. The van der Waals surface area contributed by atoms with Gasteiger partial charge < -0.3 is 0 Å². The maximum Gasteiger partial charge on any atom is 0.0431 e. The van der Waals surface area contributed by atoms with E-state index >= 15 is 0 Å². The van der Waals surface area contributed by atoms with Crippen molar-refractivity contribution in [2.75, 3.05) is 0 Å². The minimum absolute atomic E-state index is 0.251. The molecule has 0 aliphatic carbocycles. The zero-order chi connectivity index (χ0) is 11.5. The highest BCUT2D eigenvalue weighted by Crippen LogP contribution is 2.27. The van der Waals surface area contributed by atoms with Gasteiger partial charge in [0.2, 0.25) is 0 Å². The molecule has 0 saturated carbocycles. The van der Waals surface area contributed by atoms with E-state index in [-0.39, 0.29) is 5.41 Å². The highest BCUT2D eigenvalue weighted by Gasteiger charge is 2.18. The molecule has 1 unspecified atom stereocenters. The summed E-state index contributed by atoms with van der Waals surface area (Å²) < 4.78 is 0. The molecule has 1 atom stereocenters. The molecule has 0 aliphatic heterocycles. The SMILES string of the molecule is CCC(C)c1ccc(C(C)(C)CC)cn1. The third-order valence-corrected chi connectivity index (χ3v) is 3.57. The van der Waals surface area contributed by atoms with Crippen LogP contribution >= 0.6 is 0 Å². The summed E-state index contributed by atoms with van der Waals surface area (Å²) in [5.74, 6) is 0.573. The summed E-state index contributed by atoms with van der Waals surface area (Å²) in [7, 11) is 0.